The summed E-state index contributed by atoms with van der Waals surface area (Å²) in [5.41, 5.74) is 3.62. The number of fused-ring (bicyclic) bond motifs is 1. The second-order valence-corrected chi connectivity index (χ2v) is 8.76. The number of anilines is 1. The number of hydrogen-bond donors (Lipinski definition) is 1. The highest BCUT2D eigenvalue weighted by Crippen LogP contribution is 2.32. The van der Waals surface area contributed by atoms with Crippen molar-refractivity contribution in [2.45, 2.75) is 51.2 Å². The van der Waals surface area contributed by atoms with Crippen LogP contribution in [0.25, 0.3) is 0 Å². The summed E-state index contributed by atoms with van der Waals surface area (Å²) in [5.74, 6) is 1.55. The van der Waals surface area contributed by atoms with Gasteiger partial charge in [-0.15, -0.1) is 0 Å². The normalized spacial score (nSPS) is 16.9. The highest BCUT2D eigenvalue weighted by atomic mass is 32.2. The van der Waals surface area contributed by atoms with Crippen LogP contribution in [0.1, 0.15) is 43.2 Å². The zero-order chi connectivity index (χ0) is 17.5. The van der Waals surface area contributed by atoms with Crippen LogP contribution < -0.4 is 5.32 Å². The lowest BCUT2D eigenvalue weighted by Gasteiger charge is -2.23. The van der Waals surface area contributed by atoms with E-state index in [-0.39, 0.29) is 11.4 Å². The van der Waals surface area contributed by atoms with Crippen molar-refractivity contribution in [1.82, 2.24) is 9.78 Å². The number of aryl methyl sites for hydroxylation is 1. The van der Waals surface area contributed by atoms with Gasteiger partial charge in [0.05, 0.1) is 29.2 Å². The van der Waals surface area contributed by atoms with E-state index >= 15 is 0 Å². The molecule has 1 N–H and O–H groups in total. The summed E-state index contributed by atoms with van der Waals surface area (Å²) < 4.78 is 13.7. The first-order chi connectivity index (χ1) is 11.2. The van der Waals surface area contributed by atoms with Gasteiger partial charge in [0.2, 0.25) is 5.91 Å². The van der Waals surface area contributed by atoms with Gasteiger partial charge in [-0.05, 0) is 33.3 Å². The largest absolute Gasteiger partial charge is 0.310 e. The zero-order valence-electron chi connectivity index (χ0n) is 14.5. The average molecular weight is 345 g/mol. The summed E-state index contributed by atoms with van der Waals surface area (Å²) in [6, 6.07) is 7.93. The third-order valence-electron chi connectivity index (χ3n) is 4.01. The predicted octanol–water partition coefficient (Wildman–Crippen LogP) is 2.89. The highest BCUT2D eigenvalue weighted by molar-refractivity contribution is 7.83. The topological polar surface area (TPSA) is 64.0 Å². The number of rotatable bonds is 3. The molecule has 2 heterocycles. The molecule has 0 aliphatic carbocycles. The standard InChI is InChI=1S/C18H23N3O2S/c1-12-6-5-7-13(8-12)9-16(22)19-17-14-10-24(23)11-15(14)20-21(17)18(2,3)4/h5-8H,9-11H2,1-4H3,(H,19,22). The number of carbonyl (C=O) groups is 1. The molecule has 0 fully saturated rings. The first-order valence-electron chi connectivity index (χ1n) is 8.05. The molecular formula is C18H23N3O2S. The summed E-state index contributed by atoms with van der Waals surface area (Å²) in [6.45, 7) is 8.14. The first kappa shape index (κ1) is 16.9. The van der Waals surface area contributed by atoms with Crippen LogP contribution in [-0.2, 0) is 39.1 Å². The van der Waals surface area contributed by atoms with E-state index in [1.807, 2.05) is 56.6 Å². The summed E-state index contributed by atoms with van der Waals surface area (Å²) in [6.07, 6.45) is 0.314. The summed E-state index contributed by atoms with van der Waals surface area (Å²) >= 11 is 0. The number of benzene rings is 1. The van der Waals surface area contributed by atoms with Gasteiger partial charge in [0.15, 0.2) is 0 Å². The van der Waals surface area contributed by atoms with Crippen LogP contribution in [0.3, 0.4) is 0 Å². The smallest absolute Gasteiger partial charge is 0.229 e. The number of aromatic nitrogens is 2. The number of nitrogens with zero attached hydrogens (tertiary/aromatic N) is 2. The molecule has 1 aromatic carbocycles. The second kappa shape index (κ2) is 6.16. The van der Waals surface area contributed by atoms with Crippen molar-refractivity contribution in [2.24, 2.45) is 0 Å². The molecule has 1 aliphatic rings. The lowest BCUT2D eigenvalue weighted by Crippen LogP contribution is -2.28. The van der Waals surface area contributed by atoms with Gasteiger partial charge in [-0.1, -0.05) is 29.8 Å². The fraction of sp³-hybridized carbons (Fsp3) is 0.444. The van der Waals surface area contributed by atoms with Crippen LogP contribution in [0.4, 0.5) is 5.82 Å². The van der Waals surface area contributed by atoms with E-state index in [0.29, 0.717) is 23.7 Å². The molecule has 2 aromatic rings. The van der Waals surface area contributed by atoms with Gasteiger partial charge < -0.3 is 5.32 Å². The van der Waals surface area contributed by atoms with Gasteiger partial charge in [-0.25, -0.2) is 4.68 Å². The number of carbonyl (C=O) groups excluding carboxylic acids is 1. The van der Waals surface area contributed by atoms with Gasteiger partial charge in [-0.2, -0.15) is 5.10 Å². The van der Waals surface area contributed by atoms with Crippen molar-refractivity contribution in [3.8, 4) is 0 Å². The third-order valence-corrected chi connectivity index (χ3v) is 5.22. The zero-order valence-corrected chi connectivity index (χ0v) is 15.4. The molecule has 24 heavy (non-hydrogen) atoms. The lowest BCUT2D eigenvalue weighted by atomic mass is 10.1. The Labute approximate surface area is 144 Å². The third kappa shape index (κ3) is 3.43. The second-order valence-electron chi connectivity index (χ2n) is 7.30. The summed E-state index contributed by atoms with van der Waals surface area (Å²) in [7, 11) is -0.917. The van der Waals surface area contributed by atoms with Gasteiger partial charge in [0.1, 0.15) is 5.82 Å². The van der Waals surface area contributed by atoms with E-state index in [2.05, 4.69) is 10.4 Å². The molecule has 0 saturated heterocycles. The Kier molecular flexibility index (Phi) is 4.34. The van der Waals surface area contributed by atoms with Gasteiger partial charge in [-0.3, -0.25) is 9.00 Å². The minimum absolute atomic E-state index is 0.0773. The number of amides is 1. The van der Waals surface area contributed by atoms with E-state index in [4.69, 9.17) is 0 Å². The van der Waals surface area contributed by atoms with Crippen LogP contribution >= 0.6 is 0 Å². The molecule has 0 bridgehead atoms. The fourth-order valence-electron chi connectivity index (χ4n) is 2.93. The summed E-state index contributed by atoms with van der Waals surface area (Å²) in [4.78, 5) is 12.5. The average Bonchev–Trinajstić information content (AvgIpc) is 2.96. The Morgan fingerprint density at radius 2 is 2.08 bits per heavy atom. The Hall–Kier alpha value is -1.95. The van der Waals surface area contributed by atoms with Crippen LogP contribution in [0.5, 0.6) is 0 Å². The van der Waals surface area contributed by atoms with Crippen molar-refractivity contribution in [3.05, 3.63) is 46.6 Å². The van der Waals surface area contributed by atoms with Gasteiger partial charge >= 0.3 is 0 Å². The molecule has 0 spiro atoms. The fourth-order valence-corrected chi connectivity index (χ4v) is 4.19. The van der Waals surface area contributed by atoms with E-state index in [1.54, 1.807) is 0 Å². The molecule has 1 aromatic heterocycles. The quantitative estimate of drug-likeness (QED) is 0.930. The molecule has 1 amide bonds. The maximum atomic E-state index is 12.5. The van der Waals surface area contributed by atoms with Crippen molar-refractivity contribution in [3.63, 3.8) is 0 Å². The Morgan fingerprint density at radius 1 is 1.33 bits per heavy atom. The SMILES string of the molecule is Cc1cccc(CC(=O)Nc2c3c(nn2C(C)(C)C)CS(=O)C3)c1. The Bertz CT molecular complexity index is 818. The van der Waals surface area contributed by atoms with Crippen LogP contribution in [0, 0.1) is 6.92 Å². The highest BCUT2D eigenvalue weighted by Gasteiger charge is 2.31. The molecule has 0 saturated carbocycles. The Morgan fingerprint density at radius 3 is 2.75 bits per heavy atom. The lowest BCUT2D eigenvalue weighted by molar-refractivity contribution is -0.115. The maximum absolute atomic E-state index is 12.5. The minimum Gasteiger partial charge on any atom is -0.310 e. The minimum atomic E-state index is -0.917. The van der Waals surface area contributed by atoms with Crippen molar-refractivity contribution in [2.75, 3.05) is 5.32 Å². The molecule has 1 unspecified atom stereocenters. The number of hydrogen-bond acceptors (Lipinski definition) is 3. The number of nitrogens with one attached hydrogen (secondary N) is 1. The van der Waals surface area contributed by atoms with Crippen molar-refractivity contribution in [1.29, 1.82) is 0 Å². The molecule has 5 nitrogen and oxygen atoms in total. The van der Waals surface area contributed by atoms with Crippen LogP contribution in [0.2, 0.25) is 0 Å². The van der Waals surface area contributed by atoms with Gasteiger partial charge in [0, 0.05) is 16.4 Å². The van der Waals surface area contributed by atoms with Gasteiger partial charge in [0.25, 0.3) is 0 Å². The van der Waals surface area contributed by atoms with Crippen LogP contribution in [-0.4, -0.2) is 19.9 Å². The monoisotopic (exact) mass is 345 g/mol. The van der Waals surface area contributed by atoms with Crippen LogP contribution in [0.15, 0.2) is 24.3 Å². The maximum Gasteiger partial charge on any atom is 0.229 e. The van der Waals surface area contributed by atoms with E-state index in [9.17, 15) is 9.00 Å². The first-order valence-corrected chi connectivity index (χ1v) is 9.54. The predicted molar refractivity (Wildman–Crippen MR) is 96.3 cm³/mol. The molecule has 0 radical (unpaired) electrons. The molecule has 128 valence electrons. The van der Waals surface area contributed by atoms with Crippen molar-refractivity contribution < 1.29 is 9.00 Å². The van der Waals surface area contributed by atoms with Crippen molar-refractivity contribution >= 4 is 22.5 Å². The molecule has 1 aliphatic heterocycles. The van der Waals surface area contributed by atoms with E-state index in [1.165, 1.54) is 0 Å². The molecular weight excluding hydrogens is 322 g/mol. The summed E-state index contributed by atoms with van der Waals surface area (Å²) in [5, 5.41) is 7.61. The molecule has 3 rings (SSSR count). The molecule has 6 heteroatoms. The molecule has 1 atom stereocenters. The van der Waals surface area contributed by atoms with E-state index in [0.717, 1.165) is 22.4 Å². The van der Waals surface area contributed by atoms with E-state index < -0.39 is 10.8 Å². The Balaban J connectivity index is 1.86.